The Bertz CT molecular complexity index is 1340. The van der Waals surface area contributed by atoms with Gasteiger partial charge in [-0.05, 0) is 78.6 Å². The Balaban J connectivity index is 2.00. The summed E-state index contributed by atoms with van der Waals surface area (Å²) in [7, 11) is -1.56. The van der Waals surface area contributed by atoms with E-state index >= 15 is 4.39 Å². The van der Waals surface area contributed by atoms with Crippen molar-refractivity contribution in [1.29, 1.82) is 0 Å². The monoisotopic (exact) mass is 579 g/mol. The summed E-state index contributed by atoms with van der Waals surface area (Å²) < 4.78 is 77.2. The predicted octanol–water partition coefficient (Wildman–Crippen LogP) is 10.3. The van der Waals surface area contributed by atoms with Gasteiger partial charge in [0.05, 0.1) is 17.4 Å². The number of rotatable bonds is 6. The molecule has 4 rings (SSSR count). The van der Waals surface area contributed by atoms with Crippen LogP contribution in [0.25, 0.3) is 11.1 Å². The Kier molecular flexibility index (Phi) is 8.46. The third kappa shape index (κ3) is 6.08. The van der Waals surface area contributed by atoms with Crippen LogP contribution in [0, 0.1) is 5.82 Å². The zero-order chi connectivity index (χ0) is 29.6. The standard InChI is InChI=1S/C32H38F5NOS/c1-19(2)30-28(29(34)21-11-15-22(16-12-21)32(35,36)37)26(20-13-17-23(33)18-14-20)27-24(38-30)9-8-10-25(27)39-40(6,7)31(3,4)5/h11-19,25,29H,8-10H2,1-7H3. The highest BCUT2D eigenvalue weighted by molar-refractivity contribution is 8.29. The molecule has 8 heteroatoms. The van der Waals surface area contributed by atoms with Gasteiger partial charge in [0.2, 0.25) is 0 Å². The van der Waals surface area contributed by atoms with Crippen molar-refractivity contribution in [2.24, 2.45) is 0 Å². The predicted molar refractivity (Wildman–Crippen MR) is 154 cm³/mol. The van der Waals surface area contributed by atoms with Gasteiger partial charge >= 0.3 is 6.18 Å². The topological polar surface area (TPSA) is 22.1 Å². The molecule has 3 aromatic rings. The molecule has 1 aliphatic carbocycles. The molecule has 0 amide bonds. The maximum Gasteiger partial charge on any atom is 0.416 e. The minimum Gasteiger partial charge on any atom is -0.329 e. The first-order chi connectivity index (χ1) is 18.5. The quantitative estimate of drug-likeness (QED) is 0.271. The van der Waals surface area contributed by atoms with Crippen LogP contribution in [0.15, 0.2) is 48.5 Å². The molecular formula is C32H38F5NOS. The smallest absolute Gasteiger partial charge is 0.329 e. The molecular weight excluding hydrogens is 541 g/mol. The summed E-state index contributed by atoms with van der Waals surface area (Å²) in [6.07, 6.45) is -0.0807. The second kappa shape index (κ2) is 11.1. The Labute approximate surface area is 235 Å². The third-order valence-corrected chi connectivity index (χ3v) is 11.5. The van der Waals surface area contributed by atoms with Gasteiger partial charge in [0.15, 0.2) is 6.17 Å². The van der Waals surface area contributed by atoms with Crippen molar-refractivity contribution in [1.82, 2.24) is 4.98 Å². The van der Waals surface area contributed by atoms with E-state index in [-0.39, 0.29) is 22.3 Å². The largest absolute Gasteiger partial charge is 0.416 e. The number of aromatic nitrogens is 1. The molecule has 0 radical (unpaired) electrons. The van der Waals surface area contributed by atoms with E-state index < -0.39 is 34.0 Å². The molecule has 1 heterocycles. The molecule has 0 bridgehead atoms. The van der Waals surface area contributed by atoms with Crippen LogP contribution in [-0.4, -0.2) is 22.2 Å². The number of halogens is 5. The zero-order valence-electron chi connectivity index (χ0n) is 24.1. The minimum absolute atomic E-state index is 0.105. The molecule has 1 aliphatic rings. The highest BCUT2D eigenvalue weighted by Crippen LogP contribution is 2.59. The molecule has 1 aromatic heterocycles. The summed E-state index contributed by atoms with van der Waals surface area (Å²) in [6.45, 7) is 10.3. The molecule has 40 heavy (non-hydrogen) atoms. The molecule has 2 atom stereocenters. The van der Waals surface area contributed by atoms with Crippen molar-refractivity contribution >= 4 is 10.3 Å². The molecule has 0 spiro atoms. The van der Waals surface area contributed by atoms with Gasteiger partial charge in [0, 0.05) is 21.6 Å². The Morgan fingerprint density at radius 3 is 2.08 bits per heavy atom. The summed E-state index contributed by atoms with van der Waals surface area (Å²) in [5.41, 5.74) is 3.00. The summed E-state index contributed by atoms with van der Waals surface area (Å²) >= 11 is 0. The van der Waals surface area contributed by atoms with Gasteiger partial charge in [-0.25, -0.2) is 8.78 Å². The number of aryl methyl sites for hydroxylation is 1. The van der Waals surface area contributed by atoms with Gasteiger partial charge < -0.3 is 4.18 Å². The first kappa shape index (κ1) is 30.5. The fraction of sp³-hybridized carbons (Fsp3) is 0.469. The average molecular weight is 580 g/mol. The van der Waals surface area contributed by atoms with Crippen molar-refractivity contribution in [3.63, 3.8) is 0 Å². The molecule has 0 N–H and O–H groups in total. The van der Waals surface area contributed by atoms with Crippen molar-refractivity contribution in [3.8, 4) is 11.1 Å². The van der Waals surface area contributed by atoms with Gasteiger partial charge in [-0.3, -0.25) is 4.98 Å². The van der Waals surface area contributed by atoms with E-state index in [1.807, 2.05) is 13.8 Å². The SMILES string of the molecule is CC(C)c1nc2c(c(-c3ccc(F)cc3)c1C(F)c1ccc(C(F)(F)F)cc1)C(OS(C)(C)C(C)(C)C)CCC2. The van der Waals surface area contributed by atoms with E-state index in [9.17, 15) is 17.6 Å². The summed E-state index contributed by atoms with van der Waals surface area (Å²) in [6, 6.07) is 10.1. The lowest BCUT2D eigenvalue weighted by Crippen LogP contribution is -2.28. The highest BCUT2D eigenvalue weighted by Gasteiger charge is 2.38. The van der Waals surface area contributed by atoms with E-state index in [4.69, 9.17) is 9.17 Å². The van der Waals surface area contributed by atoms with Crippen LogP contribution in [0.4, 0.5) is 22.0 Å². The second-order valence-electron chi connectivity index (χ2n) is 12.1. The molecule has 0 saturated carbocycles. The molecule has 218 valence electrons. The normalized spacial score (nSPS) is 17.6. The van der Waals surface area contributed by atoms with E-state index in [2.05, 4.69) is 33.3 Å². The van der Waals surface area contributed by atoms with E-state index in [1.54, 1.807) is 12.1 Å². The molecule has 0 fully saturated rings. The molecule has 0 aliphatic heterocycles. The zero-order valence-corrected chi connectivity index (χ0v) is 24.9. The van der Waals surface area contributed by atoms with Crippen molar-refractivity contribution < 1.29 is 26.1 Å². The number of nitrogens with zero attached hydrogens (tertiary/aromatic N) is 1. The second-order valence-corrected chi connectivity index (χ2v) is 16.0. The van der Waals surface area contributed by atoms with Gasteiger partial charge in [0.1, 0.15) is 5.82 Å². The number of alkyl halides is 4. The van der Waals surface area contributed by atoms with Crippen LogP contribution in [0.2, 0.25) is 0 Å². The lowest BCUT2D eigenvalue weighted by atomic mass is 9.80. The first-order valence-corrected chi connectivity index (χ1v) is 15.9. The lowest BCUT2D eigenvalue weighted by Gasteiger charge is -2.47. The van der Waals surface area contributed by atoms with E-state index in [0.29, 0.717) is 28.8 Å². The first-order valence-electron chi connectivity index (χ1n) is 13.6. The van der Waals surface area contributed by atoms with Crippen molar-refractivity contribution in [3.05, 3.63) is 88.0 Å². The van der Waals surface area contributed by atoms with E-state index in [0.717, 1.165) is 36.2 Å². The number of pyridine rings is 1. The summed E-state index contributed by atoms with van der Waals surface area (Å²) in [4.78, 5) is 5.00. The van der Waals surface area contributed by atoms with Crippen molar-refractivity contribution in [2.45, 2.75) is 83.0 Å². The molecule has 0 saturated heterocycles. The summed E-state index contributed by atoms with van der Waals surface area (Å²) in [5.74, 6) is -0.576. The van der Waals surface area contributed by atoms with Crippen LogP contribution < -0.4 is 0 Å². The molecule has 2 aromatic carbocycles. The molecule has 2 nitrogen and oxygen atoms in total. The lowest BCUT2D eigenvalue weighted by molar-refractivity contribution is -0.137. The fourth-order valence-corrected chi connectivity index (χ4v) is 6.04. The number of hydrogen-bond donors (Lipinski definition) is 0. The third-order valence-electron chi connectivity index (χ3n) is 7.88. The van der Waals surface area contributed by atoms with Crippen LogP contribution in [0.5, 0.6) is 0 Å². The average Bonchev–Trinajstić information content (AvgIpc) is 2.86. The van der Waals surface area contributed by atoms with Crippen LogP contribution in [0.1, 0.15) is 99.3 Å². The van der Waals surface area contributed by atoms with Crippen LogP contribution >= 0.6 is 10.3 Å². The van der Waals surface area contributed by atoms with Gasteiger partial charge in [-0.1, -0.05) is 58.9 Å². The Morgan fingerprint density at radius 2 is 1.55 bits per heavy atom. The number of fused-ring (bicyclic) bond motifs is 1. The van der Waals surface area contributed by atoms with E-state index in [1.165, 1.54) is 24.3 Å². The van der Waals surface area contributed by atoms with Gasteiger partial charge in [-0.15, -0.1) is 10.3 Å². The van der Waals surface area contributed by atoms with Crippen molar-refractivity contribution in [2.75, 3.05) is 12.5 Å². The Morgan fingerprint density at radius 1 is 0.950 bits per heavy atom. The van der Waals surface area contributed by atoms with Gasteiger partial charge in [-0.2, -0.15) is 13.2 Å². The minimum atomic E-state index is -4.52. The highest BCUT2D eigenvalue weighted by atomic mass is 32.3. The fourth-order valence-electron chi connectivity index (χ4n) is 4.98. The number of benzene rings is 2. The van der Waals surface area contributed by atoms with Gasteiger partial charge in [0.25, 0.3) is 0 Å². The summed E-state index contributed by atoms with van der Waals surface area (Å²) in [5, 5.41) is 0. The van der Waals surface area contributed by atoms with Crippen LogP contribution in [-0.2, 0) is 16.8 Å². The Hall–Kier alpha value is -2.45. The number of hydrogen-bond acceptors (Lipinski definition) is 2. The molecule has 2 unspecified atom stereocenters. The maximum atomic E-state index is 16.7. The van der Waals surface area contributed by atoms with Crippen LogP contribution in [0.3, 0.4) is 0 Å². The maximum absolute atomic E-state index is 16.7.